The van der Waals surface area contributed by atoms with Gasteiger partial charge in [-0.3, -0.25) is 0 Å². The van der Waals surface area contributed by atoms with Crippen LogP contribution in [0.5, 0.6) is 5.75 Å². The molecule has 0 atom stereocenters. The molecule has 1 aliphatic heterocycles. The molecule has 100 valence electrons. The Kier molecular flexibility index (Phi) is 5.97. The first-order valence-corrected chi connectivity index (χ1v) is 7.33. The molecule has 1 aromatic carbocycles. The third kappa shape index (κ3) is 4.59. The second-order valence-corrected chi connectivity index (χ2v) is 5.29. The van der Waals surface area contributed by atoms with E-state index in [2.05, 4.69) is 20.8 Å². The van der Waals surface area contributed by atoms with Crippen molar-refractivity contribution in [2.45, 2.75) is 12.8 Å². The van der Waals surface area contributed by atoms with Gasteiger partial charge in [0.05, 0.1) is 17.7 Å². The maximum atomic E-state index is 5.62. The van der Waals surface area contributed by atoms with E-state index in [1.54, 1.807) is 0 Å². The van der Waals surface area contributed by atoms with Crippen LogP contribution in [0.4, 0.5) is 0 Å². The summed E-state index contributed by atoms with van der Waals surface area (Å²) in [5.41, 5.74) is 0. The van der Waals surface area contributed by atoms with Crippen LogP contribution in [0.1, 0.15) is 12.8 Å². The summed E-state index contributed by atoms with van der Waals surface area (Å²) in [7, 11) is 0. The Morgan fingerprint density at radius 2 is 1.83 bits per heavy atom. The standard InChI is InChI=1S/C14H20BrNO2/c15-13-5-1-2-6-14(13)18-12-11-17-10-9-16-7-3-4-8-16/h1-2,5-6H,3-4,7-12H2. The highest BCUT2D eigenvalue weighted by Gasteiger charge is 2.10. The molecule has 2 rings (SSSR count). The lowest BCUT2D eigenvalue weighted by atomic mass is 10.3. The first-order chi connectivity index (χ1) is 8.86. The van der Waals surface area contributed by atoms with Gasteiger partial charge in [0.1, 0.15) is 12.4 Å². The summed E-state index contributed by atoms with van der Waals surface area (Å²) in [5, 5.41) is 0. The smallest absolute Gasteiger partial charge is 0.133 e. The SMILES string of the molecule is Brc1ccccc1OCCOCCN1CCCC1. The van der Waals surface area contributed by atoms with Gasteiger partial charge in [0.15, 0.2) is 0 Å². The molecule has 1 heterocycles. The summed E-state index contributed by atoms with van der Waals surface area (Å²) in [6, 6.07) is 7.87. The molecular weight excluding hydrogens is 294 g/mol. The van der Waals surface area contributed by atoms with Crippen molar-refractivity contribution in [1.29, 1.82) is 0 Å². The lowest BCUT2D eigenvalue weighted by Crippen LogP contribution is -2.24. The Labute approximate surface area is 117 Å². The van der Waals surface area contributed by atoms with Crippen molar-refractivity contribution in [2.24, 2.45) is 0 Å². The lowest BCUT2D eigenvalue weighted by Gasteiger charge is -2.14. The van der Waals surface area contributed by atoms with Gasteiger partial charge >= 0.3 is 0 Å². The Morgan fingerprint density at radius 3 is 2.61 bits per heavy atom. The van der Waals surface area contributed by atoms with Gasteiger partial charge in [0, 0.05) is 6.54 Å². The number of halogens is 1. The number of ether oxygens (including phenoxy) is 2. The van der Waals surface area contributed by atoms with Gasteiger partial charge in [-0.1, -0.05) is 12.1 Å². The Balaban J connectivity index is 1.52. The molecule has 0 saturated carbocycles. The van der Waals surface area contributed by atoms with Crippen LogP contribution in [0.3, 0.4) is 0 Å². The molecule has 0 unspecified atom stereocenters. The van der Waals surface area contributed by atoms with Gasteiger partial charge in [-0.15, -0.1) is 0 Å². The minimum Gasteiger partial charge on any atom is -0.490 e. The third-order valence-electron chi connectivity index (χ3n) is 3.07. The topological polar surface area (TPSA) is 21.7 Å². The van der Waals surface area contributed by atoms with Gasteiger partial charge in [-0.2, -0.15) is 0 Å². The zero-order chi connectivity index (χ0) is 12.6. The normalized spacial score (nSPS) is 16.1. The fourth-order valence-corrected chi connectivity index (χ4v) is 2.47. The molecule has 18 heavy (non-hydrogen) atoms. The summed E-state index contributed by atoms with van der Waals surface area (Å²) in [4.78, 5) is 2.45. The average molecular weight is 314 g/mol. The van der Waals surface area contributed by atoms with Crippen LogP contribution in [0.25, 0.3) is 0 Å². The van der Waals surface area contributed by atoms with Crippen LogP contribution in [-0.2, 0) is 4.74 Å². The molecule has 0 N–H and O–H groups in total. The Hall–Kier alpha value is -0.580. The van der Waals surface area contributed by atoms with Crippen molar-refractivity contribution < 1.29 is 9.47 Å². The summed E-state index contributed by atoms with van der Waals surface area (Å²) in [6.07, 6.45) is 2.68. The lowest BCUT2D eigenvalue weighted by molar-refractivity contribution is 0.0844. The Morgan fingerprint density at radius 1 is 1.06 bits per heavy atom. The second kappa shape index (κ2) is 7.77. The van der Waals surface area contributed by atoms with Gasteiger partial charge in [0.2, 0.25) is 0 Å². The predicted octanol–water partition coefficient (Wildman–Crippen LogP) is 2.94. The molecule has 1 aromatic rings. The van der Waals surface area contributed by atoms with Crippen LogP contribution in [0, 0.1) is 0 Å². The monoisotopic (exact) mass is 313 g/mol. The molecule has 0 amide bonds. The van der Waals surface area contributed by atoms with Crippen molar-refractivity contribution in [3.63, 3.8) is 0 Å². The maximum absolute atomic E-state index is 5.62. The van der Waals surface area contributed by atoms with Crippen LogP contribution >= 0.6 is 15.9 Å². The van der Waals surface area contributed by atoms with Crippen molar-refractivity contribution in [2.75, 3.05) is 39.5 Å². The molecule has 0 aliphatic carbocycles. The quantitative estimate of drug-likeness (QED) is 0.722. The molecule has 4 heteroatoms. The van der Waals surface area contributed by atoms with E-state index in [4.69, 9.17) is 9.47 Å². The maximum Gasteiger partial charge on any atom is 0.133 e. The fraction of sp³-hybridized carbons (Fsp3) is 0.571. The van der Waals surface area contributed by atoms with Gasteiger partial charge in [-0.25, -0.2) is 0 Å². The number of hydrogen-bond acceptors (Lipinski definition) is 3. The molecule has 1 aliphatic rings. The van der Waals surface area contributed by atoms with Gasteiger partial charge < -0.3 is 14.4 Å². The van der Waals surface area contributed by atoms with Crippen molar-refractivity contribution in [3.05, 3.63) is 28.7 Å². The first kappa shape index (κ1) is 13.8. The van der Waals surface area contributed by atoms with E-state index in [0.29, 0.717) is 13.2 Å². The summed E-state index contributed by atoms with van der Waals surface area (Å²) in [6.45, 7) is 5.57. The second-order valence-electron chi connectivity index (χ2n) is 4.44. The molecule has 3 nitrogen and oxygen atoms in total. The molecule has 0 spiro atoms. The van der Waals surface area contributed by atoms with E-state index in [1.165, 1.54) is 25.9 Å². The van der Waals surface area contributed by atoms with Crippen LogP contribution < -0.4 is 4.74 Å². The highest BCUT2D eigenvalue weighted by Crippen LogP contribution is 2.23. The molecule has 1 fully saturated rings. The molecule has 0 bridgehead atoms. The van der Waals surface area contributed by atoms with Crippen LogP contribution in [-0.4, -0.2) is 44.4 Å². The highest BCUT2D eigenvalue weighted by molar-refractivity contribution is 9.10. The number of hydrogen-bond donors (Lipinski definition) is 0. The molecular formula is C14H20BrNO2. The van der Waals surface area contributed by atoms with E-state index in [1.807, 2.05) is 24.3 Å². The molecule has 0 radical (unpaired) electrons. The predicted molar refractivity (Wildman–Crippen MR) is 76.1 cm³/mol. The van der Waals surface area contributed by atoms with Crippen molar-refractivity contribution >= 4 is 15.9 Å². The van der Waals surface area contributed by atoms with Gasteiger partial charge in [0.25, 0.3) is 0 Å². The van der Waals surface area contributed by atoms with Gasteiger partial charge in [-0.05, 0) is 54.0 Å². The minimum absolute atomic E-state index is 0.600. The van der Waals surface area contributed by atoms with E-state index in [9.17, 15) is 0 Å². The van der Waals surface area contributed by atoms with E-state index >= 15 is 0 Å². The van der Waals surface area contributed by atoms with E-state index in [0.717, 1.165) is 23.4 Å². The van der Waals surface area contributed by atoms with E-state index < -0.39 is 0 Å². The number of nitrogens with zero attached hydrogens (tertiary/aromatic N) is 1. The minimum atomic E-state index is 0.600. The van der Waals surface area contributed by atoms with Crippen molar-refractivity contribution in [3.8, 4) is 5.75 Å². The molecule has 1 saturated heterocycles. The number of likely N-dealkylation sites (tertiary alicyclic amines) is 1. The zero-order valence-corrected chi connectivity index (χ0v) is 12.2. The summed E-state index contributed by atoms with van der Waals surface area (Å²) >= 11 is 3.45. The van der Waals surface area contributed by atoms with Crippen LogP contribution in [0.15, 0.2) is 28.7 Å². The largest absolute Gasteiger partial charge is 0.490 e. The average Bonchev–Trinajstić information content (AvgIpc) is 2.89. The van der Waals surface area contributed by atoms with Crippen molar-refractivity contribution in [1.82, 2.24) is 4.90 Å². The molecule has 0 aromatic heterocycles. The first-order valence-electron chi connectivity index (χ1n) is 6.54. The van der Waals surface area contributed by atoms with Crippen LogP contribution in [0.2, 0.25) is 0 Å². The summed E-state index contributed by atoms with van der Waals surface area (Å²) in [5.74, 6) is 0.876. The van der Waals surface area contributed by atoms with E-state index in [-0.39, 0.29) is 0 Å². The third-order valence-corrected chi connectivity index (χ3v) is 3.73. The summed E-state index contributed by atoms with van der Waals surface area (Å²) < 4.78 is 12.2. The number of rotatable bonds is 7. The number of benzene rings is 1. The fourth-order valence-electron chi connectivity index (χ4n) is 2.07. The number of para-hydroxylation sites is 1. The highest BCUT2D eigenvalue weighted by atomic mass is 79.9. The zero-order valence-electron chi connectivity index (χ0n) is 10.6. The Bertz CT molecular complexity index is 353.